The van der Waals surface area contributed by atoms with E-state index in [-0.39, 0.29) is 31.4 Å². The van der Waals surface area contributed by atoms with Crippen LogP contribution in [-0.4, -0.2) is 43.3 Å². The van der Waals surface area contributed by atoms with Crippen LogP contribution in [0.2, 0.25) is 0 Å². The first-order valence-electron chi connectivity index (χ1n) is 8.63. The van der Waals surface area contributed by atoms with Crippen molar-refractivity contribution in [1.29, 1.82) is 0 Å². The standard InChI is InChI=1S/C20H22N2O5/c1-26-16-8-2-13(3-9-16)10-18(23)21-15-6-4-14(5-7-15)20(25)17-11-27-12-19(24)22-17/h2-9,17,20,25H,10-12H2,1H3,(H,21,23)(H,22,24)/t17-,20-/m1/s1. The lowest BCUT2D eigenvalue weighted by molar-refractivity contribution is -0.133. The van der Waals surface area contributed by atoms with Gasteiger partial charge in [0, 0.05) is 5.69 Å². The molecule has 142 valence electrons. The molecule has 2 aromatic carbocycles. The highest BCUT2D eigenvalue weighted by molar-refractivity contribution is 5.92. The van der Waals surface area contributed by atoms with Gasteiger partial charge in [0.2, 0.25) is 11.8 Å². The topological polar surface area (TPSA) is 96.9 Å². The van der Waals surface area contributed by atoms with Crippen LogP contribution in [0.15, 0.2) is 48.5 Å². The fourth-order valence-corrected chi connectivity index (χ4v) is 2.87. The molecule has 7 nitrogen and oxygen atoms in total. The zero-order valence-electron chi connectivity index (χ0n) is 15.0. The first kappa shape index (κ1) is 18.9. The van der Waals surface area contributed by atoms with Crippen LogP contribution in [0, 0.1) is 0 Å². The van der Waals surface area contributed by atoms with Gasteiger partial charge in [-0.25, -0.2) is 0 Å². The van der Waals surface area contributed by atoms with E-state index in [4.69, 9.17) is 9.47 Å². The first-order chi connectivity index (χ1) is 13.0. The van der Waals surface area contributed by atoms with Gasteiger partial charge < -0.3 is 25.2 Å². The Bertz CT molecular complexity index is 789. The van der Waals surface area contributed by atoms with Gasteiger partial charge in [0.25, 0.3) is 0 Å². The van der Waals surface area contributed by atoms with Gasteiger partial charge >= 0.3 is 0 Å². The minimum atomic E-state index is -0.877. The number of rotatable bonds is 6. The summed E-state index contributed by atoms with van der Waals surface area (Å²) < 4.78 is 10.2. The van der Waals surface area contributed by atoms with E-state index in [1.54, 1.807) is 31.4 Å². The third-order valence-corrected chi connectivity index (χ3v) is 4.32. The molecule has 3 N–H and O–H groups in total. The molecule has 0 spiro atoms. The molecule has 0 aliphatic carbocycles. The van der Waals surface area contributed by atoms with E-state index in [1.165, 1.54) is 0 Å². The lowest BCUT2D eigenvalue weighted by atomic mass is 10.0. The molecule has 0 aromatic heterocycles. The highest BCUT2D eigenvalue weighted by atomic mass is 16.5. The van der Waals surface area contributed by atoms with Crippen LogP contribution in [-0.2, 0) is 20.7 Å². The van der Waals surface area contributed by atoms with Crippen molar-refractivity contribution in [3.05, 3.63) is 59.7 Å². The lowest BCUT2D eigenvalue weighted by Gasteiger charge is -2.28. The zero-order chi connectivity index (χ0) is 19.2. The zero-order valence-corrected chi connectivity index (χ0v) is 15.0. The largest absolute Gasteiger partial charge is 0.497 e. The summed E-state index contributed by atoms with van der Waals surface area (Å²) in [5.74, 6) is 0.363. The Labute approximate surface area is 157 Å². The molecule has 7 heteroatoms. The van der Waals surface area contributed by atoms with Crippen molar-refractivity contribution in [3.63, 3.8) is 0 Å². The SMILES string of the molecule is COc1ccc(CC(=O)Nc2ccc([C@@H](O)[C@H]3COCC(=O)N3)cc2)cc1. The molecule has 0 radical (unpaired) electrons. The second-order valence-electron chi connectivity index (χ2n) is 6.33. The van der Waals surface area contributed by atoms with Crippen molar-refractivity contribution in [3.8, 4) is 5.75 Å². The normalized spacial score (nSPS) is 17.7. The van der Waals surface area contributed by atoms with Gasteiger partial charge in [-0.15, -0.1) is 0 Å². The van der Waals surface area contributed by atoms with Crippen molar-refractivity contribution in [2.45, 2.75) is 18.6 Å². The second kappa shape index (κ2) is 8.66. The van der Waals surface area contributed by atoms with E-state index < -0.39 is 12.1 Å². The maximum Gasteiger partial charge on any atom is 0.246 e. The monoisotopic (exact) mass is 370 g/mol. The van der Waals surface area contributed by atoms with E-state index in [0.717, 1.165) is 11.3 Å². The molecule has 0 bridgehead atoms. The smallest absolute Gasteiger partial charge is 0.246 e. The summed E-state index contributed by atoms with van der Waals surface area (Å²) in [5.41, 5.74) is 2.15. The third-order valence-electron chi connectivity index (χ3n) is 4.32. The number of aliphatic hydroxyl groups excluding tert-OH is 1. The summed E-state index contributed by atoms with van der Waals surface area (Å²) in [6.07, 6.45) is -0.627. The molecule has 1 fully saturated rings. The highest BCUT2D eigenvalue weighted by Gasteiger charge is 2.26. The van der Waals surface area contributed by atoms with Crippen LogP contribution < -0.4 is 15.4 Å². The van der Waals surface area contributed by atoms with Crippen LogP contribution in [0.4, 0.5) is 5.69 Å². The number of morpholine rings is 1. The molecule has 1 aliphatic rings. The molecule has 2 amide bonds. The van der Waals surface area contributed by atoms with Gasteiger partial charge in [0.15, 0.2) is 0 Å². The van der Waals surface area contributed by atoms with E-state index >= 15 is 0 Å². The van der Waals surface area contributed by atoms with Crippen LogP contribution >= 0.6 is 0 Å². The number of benzene rings is 2. The van der Waals surface area contributed by atoms with Crippen LogP contribution in [0.3, 0.4) is 0 Å². The maximum absolute atomic E-state index is 12.2. The summed E-state index contributed by atoms with van der Waals surface area (Å²) in [5, 5.41) is 15.9. The second-order valence-corrected chi connectivity index (χ2v) is 6.33. The molecule has 1 saturated heterocycles. The third kappa shape index (κ3) is 5.06. The van der Waals surface area contributed by atoms with Gasteiger partial charge in [-0.05, 0) is 35.4 Å². The molecule has 0 unspecified atom stereocenters. The Morgan fingerprint density at radius 2 is 1.96 bits per heavy atom. The van der Waals surface area contributed by atoms with Crippen molar-refractivity contribution < 1.29 is 24.2 Å². The minimum Gasteiger partial charge on any atom is -0.497 e. The average molecular weight is 370 g/mol. The number of anilines is 1. The Morgan fingerprint density at radius 1 is 1.26 bits per heavy atom. The summed E-state index contributed by atoms with van der Waals surface area (Å²) in [4.78, 5) is 23.6. The number of ether oxygens (including phenoxy) is 2. The van der Waals surface area contributed by atoms with Crippen molar-refractivity contribution >= 4 is 17.5 Å². The molecule has 3 rings (SSSR count). The number of methoxy groups -OCH3 is 1. The Balaban J connectivity index is 1.56. The molecule has 1 aliphatic heterocycles. The number of nitrogens with one attached hydrogen (secondary N) is 2. The maximum atomic E-state index is 12.2. The molecule has 1 heterocycles. The van der Waals surface area contributed by atoms with Gasteiger partial charge in [-0.1, -0.05) is 24.3 Å². The molecule has 2 aromatic rings. The minimum absolute atomic E-state index is 0.0163. The molecular formula is C20H22N2O5. The number of carbonyl (C=O) groups excluding carboxylic acids is 2. The predicted octanol–water partition coefficient (Wildman–Crippen LogP) is 1.42. The summed E-state index contributed by atoms with van der Waals surface area (Å²) in [7, 11) is 1.59. The fourth-order valence-electron chi connectivity index (χ4n) is 2.87. The predicted molar refractivity (Wildman–Crippen MR) is 99.5 cm³/mol. The Morgan fingerprint density at radius 3 is 2.59 bits per heavy atom. The molecular weight excluding hydrogens is 348 g/mol. The van der Waals surface area contributed by atoms with E-state index in [0.29, 0.717) is 11.3 Å². The van der Waals surface area contributed by atoms with E-state index in [2.05, 4.69) is 10.6 Å². The highest BCUT2D eigenvalue weighted by Crippen LogP contribution is 2.21. The Hall–Kier alpha value is -2.90. The number of carbonyl (C=O) groups is 2. The summed E-state index contributed by atoms with van der Waals surface area (Å²) in [6, 6.07) is 13.7. The van der Waals surface area contributed by atoms with Crippen molar-refractivity contribution in [1.82, 2.24) is 5.32 Å². The van der Waals surface area contributed by atoms with Gasteiger partial charge in [0.05, 0.1) is 26.2 Å². The number of hydrogen-bond acceptors (Lipinski definition) is 5. The van der Waals surface area contributed by atoms with Crippen LogP contribution in [0.1, 0.15) is 17.2 Å². The quantitative estimate of drug-likeness (QED) is 0.715. The van der Waals surface area contributed by atoms with Gasteiger partial charge in [0.1, 0.15) is 18.5 Å². The number of aliphatic hydroxyl groups is 1. The lowest BCUT2D eigenvalue weighted by Crippen LogP contribution is -2.48. The average Bonchev–Trinajstić information content (AvgIpc) is 2.68. The number of amides is 2. The Kier molecular flexibility index (Phi) is 6.05. The van der Waals surface area contributed by atoms with E-state index in [1.807, 2.05) is 24.3 Å². The molecule has 2 atom stereocenters. The molecule has 27 heavy (non-hydrogen) atoms. The van der Waals surface area contributed by atoms with Crippen molar-refractivity contribution in [2.24, 2.45) is 0 Å². The van der Waals surface area contributed by atoms with Crippen LogP contribution in [0.5, 0.6) is 5.75 Å². The van der Waals surface area contributed by atoms with E-state index in [9.17, 15) is 14.7 Å². The first-order valence-corrected chi connectivity index (χ1v) is 8.63. The summed E-state index contributed by atoms with van der Waals surface area (Å²) >= 11 is 0. The van der Waals surface area contributed by atoms with Crippen LogP contribution in [0.25, 0.3) is 0 Å². The fraction of sp³-hybridized carbons (Fsp3) is 0.300. The van der Waals surface area contributed by atoms with Gasteiger partial charge in [-0.2, -0.15) is 0 Å². The molecule has 0 saturated carbocycles. The summed E-state index contributed by atoms with van der Waals surface area (Å²) in [6.45, 7) is 0.273. The van der Waals surface area contributed by atoms with Gasteiger partial charge in [-0.3, -0.25) is 9.59 Å². The van der Waals surface area contributed by atoms with Crippen molar-refractivity contribution in [2.75, 3.05) is 25.6 Å². The number of hydrogen-bond donors (Lipinski definition) is 3.